The van der Waals surface area contributed by atoms with Crippen LogP contribution in [0.15, 0.2) is 15.9 Å². The Balaban J connectivity index is 2.33. The summed E-state index contributed by atoms with van der Waals surface area (Å²) in [5.41, 5.74) is 2.00. The van der Waals surface area contributed by atoms with Crippen molar-refractivity contribution < 1.29 is 9.90 Å². The summed E-state index contributed by atoms with van der Waals surface area (Å²) in [6, 6.07) is 2.03. The number of thiophene rings is 1. The van der Waals surface area contributed by atoms with E-state index in [9.17, 15) is 4.79 Å². The van der Waals surface area contributed by atoms with Crippen molar-refractivity contribution in [1.29, 1.82) is 0 Å². The number of aliphatic carboxylic acids is 1. The van der Waals surface area contributed by atoms with Gasteiger partial charge in [0.15, 0.2) is 0 Å². The summed E-state index contributed by atoms with van der Waals surface area (Å²) in [5, 5.41) is 10.7. The predicted octanol–water partition coefficient (Wildman–Crippen LogP) is 3.24. The zero-order valence-corrected chi connectivity index (χ0v) is 12.5. The lowest BCUT2D eigenvalue weighted by Gasteiger charge is -2.00. The fourth-order valence-corrected chi connectivity index (χ4v) is 3.22. The van der Waals surface area contributed by atoms with Gasteiger partial charge in [-0.05, 0) is 28.9 Å². The average molecular weight is 329 g/mol. The highest BCUT2D eigenvalue weighted by molar-refractivity contribution is 9.10. The highest BCUT2D eigenvalue weighted by Gasteiger charge is 2.14. The Labute approximate surface area is 117 Å². The van der Waals surface area contributed by atoms with Crippen LogP contribution < -0.4 is 0 Å². The summed E-state index contributed by atoms with van der Waals surface area (Å²) in [5.74, 6) is 0.0190. The minimum atomic E-state index is -0.795. The molecule has 1 N–H and O–H groups in total. The SMILES string of the molecule is Cc1c(-c2cc(Br)cs2)nc(CCC(=O)O)n1C. The molecule has 6 heteroatoms. The molecule has 0 saturated carbocycles. The average Bonchev–Trinajstić information content (AvgIpc) is 2.84. The summed E-state index contributed by atoms with van der Waals surface area (Å²) < 4.78 is 3.01. The molecule has 2 heterocycles. The summed E-state index contributed by atoms with van der Waals surface area (Å²) in [7, 11) is 1.92. The molecule has 0 saturated heterocycles. The Morgan fingerprint density at radius 2 is 2.33 bits per heavy atom. The van der Waals surface area contributed by atoms with Crippen LogP contribution in [0.25, 0.3) is 10.6 Å². The van der Waals surface area contributed by atoms with E-state index in [4.69, 9.17) is 5.11 Å². The fourth-order valence-electron chi connectivity index (χ4n) is 1.75. The highest BCUT2D eigenvalue weighted by atomic mass is 79.9. The molecule has 0 radical (unpaired) electrons. The molecule has 18 heavy (non-hydrogen) atoms. The molecule has 0 aliphatic carbocycles. The van der Waals surface area contributed by atoms with Crippen LogP contribution in [0.2, 0.25) is 0 Å². The van der Waals surface area contributed by atoms with Crippen molar-refractivity contribution in [3.63, 3.8) is 0 Å². The molecule has 96 valence electrons. The van der Waals surface area contributed by atoms with Crippen LogP contribution in [0.1, 0.15) is 17.9 Å². The van der Waals surface area contributed by atoms with Crippen molar-refractivity contribution in [2.75, 3.05) is 0 Å². The van der Waals surface area contributed by atoms with E-state index >= 15 is 0 Å². The quantitative estimate of drug-likeness (QED) is 0.937. The van der Waals surface area contributed by atoms with E-state index < -0.39 is 5.97 Å². The normalized spacial score (nSPS) is 10.8. The maximum absolute atomic E-state index is 10.6. The molecule has 0 bridgehead atoms. The van der Waals surface area contributed by atoms with Crippen molar-refractivity contribution in [2.45, 2.75) is 19.8 Å². The summed E-state index contributed by atoms with van der Waals surface area (Å²) in [6.07, 6.45) is 0.567. The molecule has 0 aliphatic rings. The monoisotopic (exact) mass is 328 g/mol. The maximum atomic E-state index is 10.6. The number of aromatic nitrogens is 2. The molecule has 2 rings (SSSR count). The van der Waals surface area contributed by atoms with Gasteiger partial charge in [-0.1, -0.05) is 0 Å². The summed E-state index contributed by atoms with van der Waals surface area (Å²) >= 11 is 5.05. The minimum absolute atomic E-state index is 0.109. The highest BCUT2D eigenvalue weighted by Crippen LogP contribution is 2.31. The van der Waals surface area contributed by atoms with Gasteiger partial charge >= 0.3 is 5.97 Å². The third-order valence-electron chi connectivity index (χ3n) is 2.84. The zero-order chi connectivity index (χ0) is 13.3. The van der Waals surface area contributed by atoms with Gasteiger partial charge in [0.05, 0.1) is 11.3 Å². The Hall–Kier alpha value is -1.14. The molecule has 0 aromatic carbocycles. The number of carboxylic acids is 1. The fraction of sp³-hybridized carbons (Fsp3) is 0.333. The lowest BCUT2D eigenvalue weighted by atomic mass is 10.3. The third kappa shape index (κ3) is 2.64. The van der Waals surface area contributed by atoms with Gasteiger partial charge in [-0.2, -0.15) is 0 Å². The van der Waals surface area contributed by atoms with E-state index in [1.54, 1.807) is 11.3 Å². The van der Waals surface area contributed by atoms with Crippen molar-refractivity contribution in [2.24, 2.45) is 7.05 Å². The second-order valence-corrected chi connectivity index (χ2v) is 5.87. The second-order valence-electron chi connectivity index (χ2n) is 4.04. The molecule has 0 amide bonds. The molecular formula is C12H13BrN2O2S. The number of halogens is 1. The van der Waals surface area contributed by atoms with Crippen molar-refractivity contribution >= 4 is 33.2 Å². The molecular weight excluding hydrogens is 316 g/mol. The zero-order valence-electron chi connectivity index (χ0n) is 10.1. The smallest absolute Gasteiger partial charge is 0.303 e. The number of carbonyl (C=O) groups is 1. The molecule has 4 nitrogen and oxygen atoms in total. The van der Waals surface area contributed by atoms with Gasteiger partial charge in [0, 0.05) is 29.0 Å². The van der Waals surface area contributed by atoms with E-state index in [1.165, 1.54) is 0 Å². The second kappa shape index (κ2) is 5.24. The van der Waals surface area contributed by atoms with Gasteiger partial charge in [-0.3, -0.25) is 4.79 Å². The van der Waals surface area contributed by atoms with Crippen LogP contribution >= 0.6 is 27.3 Å². The van der Waals surface area contributed by atoms with Gasteiger partial charge in [0.25, 0.3) is 0 Å². The Bertz CT molecular complexity index is 589. The summed E-state index contributed by atoms with van der Waals surface area (Å²) in [6.45, 7) is 2.00. The maximum Gasteiger partial charge on any atom is 0.303 e. The van der Waals surface area contributed by atoms with Crippen LogP contribution in [0, 0.1) is 6.92 Å². The minimum Gasteiger partial charge on any atom is -0.481 e. The van der Waals surface area contributed by atoms with Gasteiger partial charge in [0.1, 0.15) is 11.5 Å². The molecule has 0 aliphatic heterocycles. The van der Waals surface area contributed by atoms with Gasteiger partial charge in [-0.25, -0.2) is 4.98 Å². The van der Waals surface area contributed by atoms with E-state index in [0.29, 0.717) is 6.42 Å². The molecule has 0 fully saturated rings. The summed E-state index contributed by atoms with van der Waals surface area (Å²) in [4.78, 5) is 16.3. The Morgan fingerprint density at radius 1 is 1.61 bits per heavy atom. The first-order valence-corrected chi connectivity index (χ1v) is 7.14. The van der Waals surface area contributed by atoms with E-state index in [1.807, 2.05) is 30.0 Å². The Kier molecular flexibility index (Phi) is 3.87. The van der Waals surface area contributed by atoms with Crippen LogP contribution in [-0.2, 0) is 18.3 Å². The van der Waals surface area contributed by atoms with Crippen molar-refractivity contribution in [1.82, 2.24) is 9.55 Å². The number of imidazole rings is 1. The van der Waals surface area contributed by atoms with Gasteiger partial charge < -0.3 is 9.67 Å². The van der Waals surface area contributed by atoms with Crippen LogP contribution in [0.3, 0.4) is 0 Å². The third-order valence-corrected chi connectivity index (χ3v) is 4.53. The first-order chi connectivity index (χ1) is 8.49. The first-order valence-electron chi connectivity index (χ1n) is 5.47. The largest absolute Gasteiger partial charge is 0.481 e. The van der Waals surface area contributed by atoms with Crippen molar-refractivity contribution in [3.05, 3.63) is 27.4 Å². The number of aryl methyl sites for hydroxylation is 1. The van der Waals surface area contributed by atoms with Gasteiger partial charge in [-0.15, -0.1) is 11.3 Å². The van der Waals surface area contributed by atoms with Crippen molar-refractivity contribution in [3.8, 4) is 10.6 Å². The van der Waals surface area contributed by atoms with E-state index in [2.05, 4.69) is 20.9 Å². The standard InChI is InChI=1S/C12H13BrN2O2S/c1-7-12(9-5-8(13)6-18-9)14-10(15(7)2)3-4-11(16)17/h5-6H,3-4H2,1-2H3,(H,16,17). The molecule has 2 aromatic rings. The van der Waals surface area contributed by atoms with E-state index in [-0.39, 0.29) is 6.42 Å². The molecule has 2 aromatic heterocycles. The lowest BCUT2D eigenvalue weighted by Crippen LogP contribution is -2.03. The number of hydrogen-bond acceptors (Lipinski definition) is 3. The van der Waals surface area contributed by atoms with Crippen LogP contribution in [0.4, 0.5) is 0 Å². The lowest BCUT2D eigenvalue weighted by molar-refractivity contribution is -0.137. The molecule has 0 spiro atoms. The molecule has 0 atom stereocenters. The first kappa shape index (κ1) is 13.3. The molecule has 0 unspecified atom stereocenters. The Morgan fingerprint density at radius 3 is 2.89 bits per heavy atom. The van der Waals surface area contributed by atoms with Gasteiger partial charge in [0.2, 0.25) is 0 Å². The number of rotatable bonds is 4. The number of nitrogens with zero attached hydrogens (tertiary/aromatic N) is 2. The topological polar surface area (TPSA) is 55.1 Å². The van der Waals surface area contributed by atoms with Crippen LogP contribution in [0.5, 0.6) is 0 Å². The van der Waals surface area contributed by atoms with Crippen LogP contribution in [-0.4, -0.2) is 20.6 Å². The number of carboxylic acid groups (broad SMARTS) is 1. The predicted molar refractivity (Wildman–Crippen MR) is 74.9 cm³/mol. The number of hydrogen-bond donors (Lipinski definition) is 1. The van der Waals surface area contributed by atoms with E-state index in [0.717, 1.165) is 26.6 Å².